The van der Waals surface area contributed by atoms with Gasteiger partial charge < -0.3 is 11.1 Å². The zero-order valence-electron chi connectivity index (χ0n) is 10.9. The molecule has 8 heteroatoms. The van der Waals surface area contributed by atoms with Crippen molar-refractivity contribution in [3.63, 3.8) is 0 Å². The number of carbonyl (C=O) groups excluding carboxylic acids is 1. The van der Waals surface area contributed by atoms with Crippen LogP contribution in [0.15, 0.2) is 29.2 Å². The maximum absolute atomic E-state index is 12.3. The van der Waals surface area contributed by atoms with Crippen molar-refractivity contribution in [1.82, 2.24) is 5.32 Å². The van der Waals surface area contributed by atoms with E-state index in [0.717, 1.165) is 5.56 Å². The van der Waals surface area contributed by atoms with Crippen LogP contribution in [0, 0.1) is 6.92 Å². The summed E-state index contributed by atoms with van der Waals surface area (Å²) in [5.41, 5.74) is 5.85. The average molecular weight is 304 g/mol. The van der Waals surface area contributed by atoms with Crippen LogP contribution in [0.3, 0.4) is 0 Å². The Morgan fingerprint density at radius 1 is 1.40 bits per heavy atom. The van der Waals surface area contributed by atoms with Gasteiger partial charge in [-0.15, -0.1) is 0 Å². The molecule has 4 N–H and O–H groups in total. The second-order valence-corrected chi connectivity index (χ2v) is 5.91. The molecule has 112 valence electrons. The Hall–Kier alpha value is -1.51. The molecule has 1 aliphatic rings. The van der Waals surface area contributed by atoms with Gasteiger partial charge in [0.15, 0.2) is 0 Å². The van der Waals surface area contributed by atoms with Crippen LogP contribution in [0.1, 0.15) is 12.0 Å². The number of nitrogens with one attached hydrogen (secondary N) is 1. The molecule has 20 heavy (non-hydrogen) atoms. The number of nitrogens with two attached hydrogens (primary N) is 1. The van der Waals surface area contributed by atoms with Crippen molar-refractivity contribution in [1.29, 1.82) is 0 Å². The molecule has 1 aromatic rings. The molecular formula is C12H17FN2O4S. The number of amides is 1. The first-order valence-electron chi connectivity index (χ1n) is 5.91. The molecule has 1 heterocycles. The largest absolute Gasteiger partial charge is 0.368 e. The van der Waals surface area contributed by atoms with Crippen molar-refractivity contribution in [2.75, 3.05) is 6.54 Å². The lowest BCUT2D eigenvalue weighted by Gasteiger charge is -2.00. The maximum atomic E-state index is 12.3. The summed E-state index contributed by atoms with van der Waals surface area (Å²) < 4.78 is 41.8. The Labute approximate surface area is 116 Å². The molecule has 2 rings (SSSR count). The Morgan fingerprint density at radius 2 is 1.95 bits per heavy atom. The minimum atomic E-state index is -4.02. The third-order valence-corrected chi connectivity index (χ3v) is 3.61. The highest BCUT2D eigenvalue weighted by Crippen LogP contribution is 2.09. The van der Waals surface area contributed by atoms with Crippen LogP contribution in [0.4, 0.5) is 4.39 Å². The summed E-state index contributed by atoms with van der Waals surface area (Å²) in [5, 5.41) is 2.66. The molecule has 0 unspecified atom stereocenters. The normalized spacial score (nSPS) is 21.9. The summed E-state index contributed by atoms with van der Waals surface area (Å²) in [7, 11) is -4.02. The first kappa shape index (κ1) is 16.5. The number of hydrogen-bond acceptors (Lipinski definition) is 4. The van der Waals surface area contributed by atoms with Crippen molar-refractivity contribution < 1.29 is 22.2 Å². The summed E-state index contributed by atoms with van der Waals surface area (Å²) in [5.74, 6) is -0.463. The van der Waals surface area contributed by atoms with Crippen molar-refractivity contribution in [2.24, 2.45) is 5.73 Å². The van der Waals surface area contributed by atoms with Gasteiger partial charge >= 0.3 is 0 Å². The quantitative estimate of drug-likeness (QED) is 0.686. The van der Waals surface area contributed by atoms with Gasteiger partial charge in [-0.1, -0.05) is 17.7 Å². The third kappa shape index (κ3) is 5.24. The minimum absolute atomic E-state index is 0.0666. The summed E-state index contributed by atoms with van der Waals surface area (Å²) in [6.45, 7) is 2.10. The second kappa shape index (κ2) is 6.78. The fourth-order valence-corrected chi connectivity index (χ4v) is 2.10. The molecule has 2 atom stereocenters. The Bertz CT molecular complexity index is 559. The lowest BCUT2D eigenvalue weighted by atomic mass is 10.2. The first-order chi connectivity index (χ1) is 9.20. The lowest BCUT2D eigenvalue weighted by Crippen LogP contribution is -2.36. The topological polar surface area (TPSA) is 109 Å². The van der Waals surface area contributed by atoms with E-state index in [4.69, 9.17) is 10.3 Å². The molecule has 0 saturated carbocycles. The molecule has 0 spiro atoms. The van der Waals surface area contributed by atoms with Gasteiger partial charge in [0.1, 0.15) is 6.17 Å². The molecule has 0 radical (unpaired) electrons. The fourth-order valence-electron chi connectivity index (χ4n) is 1.62. The number of hydrogen-bond donors (Lipinski definition) is 3. The van der Waals surface area contributed by atoms with E-state index in [1.807, 2.05) is 6.92 Å². The summed E-state index contributed by atoms with van der Waals surface area (Å²) in [4.78, 5) is 10.3. The zero-order chi connectivity index (χ0) is 15.3. The molecule has 1 amide bonds. The number of benzene rings is 1. The van der Waals surface area contributed by atoms with Crippen molar-refractivity contribution >= 4 is 16.0 Å². The van der Waals surface area contributed by atoms with Gasteiger partial charge in [-0.2, -0.15) is 8.42 Å². The highest BCUT2D eigenvalue weighted by molar-refractivity contribution is 7.85. The summed E-state index contributed by atoms with van der Waals surface area (Å²) in [6.07, 6.45) is -0.669. The van der Waals surface area contributed by atoms with Crippen molar-refractivity contribution in [3.05, 3.63) is 29.8 Å². The van der Waals surface area contributed by atoms with E-state index in [-0.39, 0.29) is 17.9 Å². The molecule has 0 aromatic heterocycles. The highest BCUT2D eigenvalue weighted by atomic mass is 32.2. The van der Waals surface area contributed by atoms with Crippen LogP contribution in [0.25, 0.3) is 0 Å². The van der Waals surface area contributed by atoms with Crippen LogP contribution < -0.4 is 11.1 Å². The monoisotopic (exact) mass is 304 g/mol. The van der Waals surface area contributed by atoms with E-state index in [1.54, 1.807) is 12.1 Å². The molecule has 6 nitrogen and oxygen atoms in total. The molecule has 1 aliphatic heterocycles. The van der Waals surface area contributed by atoms with Gasteiger partial charge in [-0.05, 0) is 19.1 Å². The van der Waals surface area contributed by atoms with Crippen LogP contribution in [0.2, 0.25) is 0 Å². The van der Waals surface area contributed by atoms with E-state index in [0.29, 0.717) is 0 Å². The average Bonchev–Trinajstić information content (AvgIpc) is 2.76. The zero-order valence-corrected chi connectivity index (χ0v) is 11.7. The molecule has 1 saturated heterocycles. The van der Waals surface area contributed by atoms with Gasteiger partial charge in [-0.3, -0.25) is 9.35 Å². The number of rotatable bonds is 2. The molecule has 0 bridgehead atoms. The van der Waals surface area contributed by atoms with E-state index >= 15 is 0 Å². The van der Waals surface area contributed by atoms with E-state index < -0.39 is 28.2 Å². The van der Waals surface area contributed by atoms with Crippen LogP contribution in [0.5, 0.6) is 0 Å². The number of alkyl halides is 1. The summed E-state index contributed by atoms with van der Waals surface area (Å²) in [6, 6.07) is 5.54. The molecular weight excluding hydrogens is 287 g/mol. The third-order valence-electron chi connectivity index (χ3n) is 2.74. The Kier molecular flexibility index (Phi) is 5.61. The standard InChI is InChI=1S/C7H8O3S.C5H9FN2O/c1-6-2-4-7(5-3-6)11(8,9)10;6-3-1-4(5(7)9)8-2-3/h2-5H,1H3,(H,8,9,10);3-4,8H,1-2H2,(H2,7,9)/t;3-,4+/m.1/s1. The van der Waals surface area contributed by atoms with Crippen molar-refractivity contribution in [2.45, 2.75) is 30.5 Å². The van der Waals surface area contributed by atoms with Crippen LogP contribution in [-0.4, -0.2) is 37.6 Å². The van der Waals surface area contributed by atoms with E-state index in [9.17, 15) is 17.6 Å². The maximum Gasteiger partial charge on any atom is 0.294 e. The Balaban J connectivity index is 0.000000204. The van der Waals surface area contributed by atoms with E-state index in [2.05, 4.69) is 5.32 Å². The minimum Gasteiger partial charge on any atom is -0.368 e. The fraction of sp³-hybridized carbons (Fsp3) is 0.417. The van der Waals surface area contributed by atoms with Gasteiger partial charge in [0, 0.05) is 13.0 Å². The predicted octanol–water partition coefficient (Wildman–Crippen LogP) is 0.413. The first-order valence-corrected chi connectivity index (χ1v) is 7.35. The second-order valence-electron chi connectivity index (χ2n) is 4.48. The smallest absolute Gasteiger partial charge is 0.294 e. The summed E-state index contributed by atoms with van der Waals surface area (Å²) >= 11 is 0. The van der Waals surface area contributed by atoms with Gasteiger partial charge in [0.05, 0.1) is 10.9 Å². The van der Waals surface area contributed by atoms with Crippen LogP contribution >= 0.6 is 0 Å². The number of halogens is 1. The molecule has 1 fully saturated rings. The van der Waals surface area contributed by atoms with Crippen LogP contribution in [-0.2, 0) is 14.9 Å². The lowest BCUT2D eigenvalue weighted by molar-refractivity contribution is -0.119. The highest BCUT2D eigenvalue weighted by Gasteiger charge is 2.26. The van der Waals surface area contributed by atoms with E-state index in [1.165, 1.54) is 12.1 Å². The molecule has 0 aliphatic carbocycles. The Morgan fingerprint density at radius 3 is 2.25 bits per heavy atom. The van der Waals surface area contributed by atoms with Crippen molar-refractivity contribution in [3.8, 4) is 0 Å². The number of primary amides is 1. The number of aryl methyl sites for hydroxylation is 1. The predicted molar refractivity (Wildman–Crippen MR) is 71.5 cm³/mol. The van der Waals surface area contributed by atoms with Gasteiger partial charge in [-0.25, -0.2) is 4.39 Å². The SMILES string of the molecule is Cc1ccc(S(=O)(=O)O)cc1.NC(=O)[C@@H]1C[C@@H](F)CN1. The van der Waals surface area contributed by atoms with Gasteiger partial charge in [0.2, 0.25) is 5.91 Å². The molecule has 1 aromatic carbocycles. The van der Waals surface area contributed by atoms with Gasteiger partial charge in [0.25, 0.3) is 10.1 Å². The number of carbonyl (C=O) groups is 1.